The molecule has 0 radical (unpaired) electrons. The lowest BCUT2D eigenvalue weighted by molar-refractivity contribution is 0.496. The van der Waals surface area contributed by atoms with Gasteiger partial charge in [-0.15, -0.1) is 0 Å². The smallest absolute Gasteiger partial charge is 0.228 e. The molecule has 4 heteroatoms. The Balaban J connectivity index is 3.08. The highest BCUT2D eigenvalue weighted by atomic mass is 31.2. The van der Waals surface area contributed by atoms with Crippen LogP contribution in [0.4, 0.5) is 0 Å². The van der Waals surface area contributed by atoms with E-state index in [1.54, 1.807) is 6.07 Å². The second-order valence-corrected chi connectivity index (χ2v) is 6.81. The van der Waals surface area contributed by atoms with E-state index >= 15 is 0 Å². The molecule has 0 aliphatic heterocycles. The molecular weight excluding hydrogens is 197 g/mol. The molecule has 0 saturated carbocycles. The van der Waals surface area contributed by atoms with Gasteiger partial charge in [-0.05, 0) is 12.1 Å². The largest absolute Gasteiger partial charge is 0.341 e. The van der Waals surface area contributed by atoms with E-state index in [9.17, 15) is 9.46 Å². The van der Waals surface area contributed by atoms with Gasteiger partial charge in [0.1, 0.15) is 0 Å². The summed E-state index contributed by atoms with van der Waals surface area (Å²) in [4.78, 5) is 13.5. The zero-order valence-corrected chi connectivity index (χ0v) is 9.88. The predicted octanol–water partition coefficient (Wildman–Crippen LogP) is 1.90. The molecule has 1 heterocycles. The molecule has 1 aromatic rings. The van der Waals surface area contributed by atoms with E-state index in [1.165, 1.54) is 12.9 Å². The average Bonchev–Trinajstić information content (AvgIpc) is 2.01. The van der Waals surface area contributed by atoms with E-state index in [4.69, 9.17) is 0 Å². The standard InChI is InChI=1S/C10H16NO2P/c1-10(2,3)9-6-5-8(7-11-9)14(4,12)13/h5-7H,1-4H3,(H,12,13). The summed E-state index contributed by atoms with van der Waals surface area (Å²) in [6.07, 6.45) is 1.49. The predicted molar refractivity (Wildman–Crippen MR) is 58.3 cm³/mol. The van der Waals surface area contributed by atoms with Gasteiger partial charge in [-0.1, -0.05) is 20.8 Å². The lowest BCUT2D eigenvalue weighted by Gasteiger charge is -2.17. The van der Waals surface area contributed by atoms with Crippen molar-refractivity contribution in [2.75, 3.05) is 6.66 Å². The summed E-state index contributed by atoms with van der Waals surface area (Å²) in [6.45, 7) is 7.49. The van der Waals surface area contributed by atoms with Crippen LogP contribution in [0.5, 0.6) is 0 Å². The van der Waals surface area contributed by atoms with E-state index < -0.39 is 7.37 Å². The molecule has 0 amide bonds. The Bertz CT molecular complexity index is 359. The van der Waals surface area contributed by atoms with E-state index in [-0.39, 0.29) is 5.41 Å². The molecule has 0 aliphatic carbocycles. The molecule has 1 atom stereocenters. The van der Waals surface area contributed by atoms with Gasteiger partial charge >= 0.3 is 0 Å². The number of hydrogen-bond donors (Lipinski definition) is 1. The van der Waals surface area contributed by atoms with Crippen LogP contribution in [-0.2, 0) is 9.98 Å². The molecule has 1 unspecified atom stereocenters. The Morgan fingerprint density at radius 2 is 1.93 bits per heavy atom. The van der Waals surface area contributed by atoms with E-state index in [0.717, 1.165) is 5.69 Å². The minimum Gasteiger partial charge on any atom is -0.341 e. The topological polar surface area (TPSA) is 50.2 Å². The van der Waals surface area contributed by atoms with Crippen molar-refractivity contribution >= 4 is 12.7 Å². The van der Waals surface area contributed by atoms with Crippen molar-refractivity contribution in [2.45, 2.75) is 26.2 Å². The van der Waals surface area contributed by atoms with Gasteiger partial charge in [0, 0.05) is 24.0 Å². The van der Waals surface area contributed by atoms with Crippen molar-refractivity contribution in [2.24, 2.45) is 0 Å². The van der Waals surface area contributed by atoms with Crippen LogP contribution in [0.2, 0.25) is 0 Å². The number of hydrogen-bond acceptors (Lipinski definition) is 2. The van der Waals surface area contributed by atoms with Crippen LogP contribution in [0.15, 0.2) is 18.3 Å². The normalized spacial score (nSPS) is 16.4. The number of aromatic nitrogens is 1. The number of nitrogens with zero attached hydrogens (tertiary/aromatic N) is 1. The molecule has 0 saturated heterocycles. The van der Waals surface area contributed by atoms with Crippen LogP contribution in [0, 0.1) is 0 Å². The van der Waals surface area contributed by atoms with Crippen molar-refractivity contribution in [1.82, 2.24) is 4.98 Å². The fraction of sp³-hybridized carbons (Fsp3) is 0.500. The first-order valence-electron chi connectivity index (χ1n) is 4.48. The fourth-order valence-electron chi connectivity index (χ4n) is 1.08. The van der Waals surface area contributed by atoms with Crippen molar-refractivity contribution in [3.8, 4) is 0 Å². The highest BCUT2D eigenvalue weighted by Crippen LogP contribution is 2.33. The molecule has 1 rings (SSSR count). The zero-order chi connectivity index (χ0) is 11.0. The van der Waals surface area contributed by atoms with Crippen molar-refractivity contribution in [1.29, 1.82) is 0 Å². The molecule has 0 aromatic carbocycles. The van der Waals surface area contributed by atoms with E-state index in [0.29, 0.717) is 5.30 Å². The average molecular weight is 213 g/mol. The molecule has 14 heavy (non-hydrogen) atoms. The summed E-state index contributed by atoms with van der Waals surface area (Å²) in [5.74, 6) is 0. The van der Waals surface area contributed by atoms with Crippen LogP contribution in [0.25, 0.3) is 0 Å². The van der Waals surface area contributed by atoms with Gasteiger partial charge in [0.25, 0.3) is 0 Å². The van der Waals surface area contributed by atoms with Gasteiger partial charge in [0.05, 0.1) is 5.30 Å². The molecule has 3 nitrogen and oxygen atoms in total. The minimum atomic E-state index is -3.15. The first kappa shape index (κ1) is 11.4. The summed E-state index contributed by atoms with van der Waals surface area (Å²) in [6, 6.07) is 3.48. The molecule has 0 spiro atoms. The van der Waals surface area contributed by atoms with Gasteiger partial charge in [-0.3, -0.25) is 9.55 Å². The third kappa shape index (κ3) is 2.66. The highest BCUT2D eigenvalue weighted by molar-refractivity contribution is 7.65. The van der Waals surface area contributed by atoms with Gasteiger partial charge in [-0.25, -0.2) is 0 Å². The van der Waals surface area contributed by atoms with E-state index in [2.05, 4.69) is 25.8 Å². The Morgan fingerprint density at radius 1 is 1.36 bits per heavy atom. The molecule has 78 valence electrons. The van der Waals surface area contributed by atoms with Crippen LogP contribution >= 0.6 is 7.37 Å². The maximum Gasteiger partial charge on any atom is 0.228 e. The van der Waals surface area contributed by atoms with Crippen molar-refractivity contribution in [3.63, 3.8) is 0 Å². The van der Waals surface area contributed by atoms with Crippen LogP contribution in [-0.4, -0.2) is 16.5 Å². The van der Waals surface area contributed by atoms with Crippen molar-refractivity contribution < 1.29 is 9.46 Å². The minimum absolute atomic E-state index is 0.0221. The fourth-order valence-corrected chi connectivity index (χ4v) is 1.70. The van der Waals surface area contributed by atoms with Crippen LogP contribution in [0.3, 0.4) is 0 Å². The van der Waals surface area contributed by atoms with Gasteiger partial charge < -0.3 is 4.89 Å². The zero-order valence-electron chi connectivity index (χ0n) is 8.98. The van der Waals surface area contributed by atoms with Gasteiger partial charge in [0.2, 0.25) is 7.37 Å². The van der Waals surface area contributed by atoms with Crippen LogP contribution in [0.1, 0.15) is 26.5 Å². The molecule has 0 fully saturated rings. The molecule has 1 N–H and O–H groups in total. The molecule has 1 aromatic heterocycles. The van der Waals surface area contributed by atoms with E-state index in [1.807, 2.05) is 6.07 Å². The molecular formula is C10H16NO2P. The second-order valence-electron chi connectivity index (χ2n) is 4.53. The lowest BCUT2D eigenvalue weighted by atomic mass is 9.92. The molecule has 0 aliphatic rings. The van der Waals surface area contributed by atoms with Crippen LogP contribution < -0.4 is 5.30 Å². The van der Waals surface area contributed by atoms with Gasteiger partial charge in [0.15, 0.2) is 0 Å². The quantitative estimate of drug-likeness (QED) is 0.725. The Labute approximate surface area is 84.6 Å². The number of pyridine rings is 1. The first-order valence-corrected chi connectivity index (χ1v) is 6.59. The highest BCUT2D eigenvalue weighted by Gasteiger charge is 2.18. The summed E-state index contributed by atoms with van der Waals surface area (Å²) < 4.78 is 11.3. The van der Waals surface area contributed by atoms with Gasteiger partial charge in [-0.2, -0.15) is 0 Å². The summed E-state index contributed by atoms with van der Waals surface area (Å²) in [5, 5.41) is 0.408. The maximum absolute atomic E-state index is 11.3. The lowest BCUT2D eigenvalue weighted by Crippen LogP contribution is -2.15. The Morgan fingerprint density at radius 3 is 2.21 bits per heavy atom. The first-order chi connectivity index (χ1) is 6.21. The second kappa shape index (κ2) is 3.48. The maximum atomic E-state index is 11.3. The monoisotopic (exact) mass is 213 g/mol. The summed E-state index contributed by atoms with van der Waals surface area (Å²) >= 11 is 0. The Hall–Kier alpha value is -0.660. The van der Waals surface area contributed by atoms with Crippen molar-refractivity contribution in [3.05, 3.63) is 24.0 Å². The SMILES string of the molecule is CC(C)(C)c1ccc(P(C)(=O)O)cn1. The third-order valence-electron chi connectivity index (χ3n) is 2.00. The summed E-state index contributed by atoms with van der Waals surface area (Å²) in [7, 11) is -3.15. The Kier molecular flexibility index (Phi) is 2.84. The molecule has 0 bridgehead atoms. The number of rotatable bonds is 1. The third-order valence-corrected chi connectivity index (χ3v) is 3.22. The summed E-state index contributed by atoms with van der Waals surface area (Å²) in [5.41, 5.74) is 0.904.